The van der Waals surface area contributed by atoms with Gasteiger partial charge in [0.2, 0.25) is 0 Å². The number of nitrogens with one attached hydrogen (secondary N) is 1. The highest BCUT2D eigenvalue weighted by Gasteiger charge is 2.43. The number of anilines is 1. The quantitative estimate of drug-likeness (QED) is 0.861. The predicted octanol–water partition coefficient (Wildman–Crippen LogP) is 2.77. The molecule has 0 aliphatic heterocycles. The van der Waals surface area contributed by atoms with Crippen LogP contribution in [-0.4, -0.2) is 12.8 Å². The summed E-state index contributed by atoms with van der Waals surface area (Å²) in [6.07, 6.45) is -4.60. The Hall–Kier alpha value is -1.83. The summed E-state index contributed by atoms with van der Waals surface area (Å²) < 4.78 is 44.4. The van der Waals surface area contributed by atoms with Gasteiger partial charge in [-0.1, -0.05) is 0 Å². The zero-order valence-electron chi connectivity index (χ0n) is 11.2. The number of aryl methyl sites for hydroxylation is 1. The van der Waals surface area contributed by atoms with E-state index in [2.05, 4.69) is 5.32 Å². The number of alkyl halides is 3. The highest BCUT2D eigenvalue weighted by molar-refractivity contribution is 7.12. The summed E-state index contributed by atoms with van der Waals surface area (Å²) >= 11 is 0.974. The van der Waals surface area contributed by atoms with Crippen LogP contribution in [0.3, 0.4) is 0 Å². The van der Waals surface area contributed by atoms with Crippen LogP contribution in [0.25, 0.3) is 0 Å². The Morgan fingerprint density at radius 1 is 1.29 bits per heavy atom. The molecule has 0 aliphatic rings. The van der Waals surface area contributed by atoms with Crippen LogP contribution in [0.1, 0.15) is 22.7 Å². The maximum absolute atomic E-state index is 13.2. The first-order valence-corrected chi connectivity index (χ1v) is 6.93. The van der Waals surface area contributed by atoms with E-state index in [0.29, 0.717) is 0 Å². The van der Waals surface area contributed by atoms with Gasteiger partial charge < -0.3 is 10.1 Å². The molecule has 21 heavy (non-hydrogen) atoms. The van der Waals surface area contributed by atoms with E-state index >= 15 is 0 Å². The van der Waals surface area contributed by atoms with Crippen molar-refractivity contribution in [3.63, 3.8) is 0 Å². The van der Waals surface area contributed by atoms with Crippen molar-refractivity contribution >= 4 is 17.0 Å². The summed E-state index contributed by atoms with van der Waals surface area (Å²) in [7, 11) is 0. The van der Waals surface area contributed by atoms with E-state index in [4.69, 9.17) is 4.74 Å². The van der Waals surface area contributed by atoms with Crippen molar-refractivity contribution in [1.29, 1.82) is 0 Å². The van der Waals surface area contributed by atoms with Crippen molar-refractivity contribution in [2.24, 2.45) is 0 Å². The normalized spacial score (nSPS) is 13.4. The van der Waals surface area contributed by atoms with Gasteiger partial charge in [0.15, 0.2) is 11.8 Å². The Balaban J connectivity index is 2.35. The third-order valence-electron chi connectivity index (χ3n) is 2.82. The lowest BCUT2D eigenvalue weighted by Gasteiger charge is -2.23. The SMILES string of the molecule is CCOc1c(N[C@@H](c2ccc(C)s2)C(F)(F)F)c(=O)c1=O. The average Bonchev–Trinajstić information content (AvgIpc) is 2.82. The van der Waals surface area contributed by atoms with E-state index in [1.807, 2.05) is 0 Å². The summed E-state index contributed by atoms with van der Waals surface area (Å²) in [5.74, 6) is -0.329. The molecule has 1 atom stereocenters. The molecule has 0 saturated heterocycles. The first-order valence-electron chi connectivity index (χ1n) is 6.11. The third-order valence-corrected chi connectivity index (χ3v) is 3.88. The van der Waals surface area contributed by atoms with Crippen molar-refractivity contribution in [1.82, 2.24) is 0 Å². The van der Waals surface area contributed by atoms with Crippen LogP contribution in [0.4, 0.5) is 18.9 Å². The maximum atomic E-state index is 13.2. The van der Waals surface area contributed by atoms with E-state index in [1.54, 1.807) is 19.9 Å². The molecule has 1 N–H and O–H groups in total. The van der Waals surface area contributed by atoms with E-state index < -0.39 is 28.8 Å². The number of thiophene rings is 1. The smallest absolute Gasteiger partial charge is 0.413 e. The topological polar surface area (TPSA) is 55.4 Å². The molecule has 0 fully saturated rings. The lowest BCUT2D eigenvalue weighted by atomic mass is 10.1. The standard InChI is InChI=1S/C13H12F3NO3S/c1-3-20-11-8(9(18)10(11)19)17-12(13(14,15)16)7-5-4-6(2)21-7/h4-5,12,17H,3H2,1-2H3/t12-/m0/s1. The summed E-state index contributed by atoms with van der Waals surface area (Å²) in [5.41, 5.74) is -2.29. The molecule has 0 saturated carbocycles. The van der Waals surface area contributed by atoms with Crippen molar-refractivity contribution < 1.29 is 17.9 Å². The van der Waals surface area contributed by atoms with Gasteiger partial charge in [-0.05, 0) is 26.0 Å². The molecule has 2 rings (SSSR count). The fraction of sp³-hybridized carbons (Fsp3) is 0.385. The molecule has 0 unspecified atom stereocenters. The summed E-state index contributed by atoms with van der Waals surface area (Å²) in [5, 5.41) is 2.11. The summed E-state index contributed by atoms with van der Waals surface area (Å²) in [4.78, 5) is 23.5. The molecular formula is C13H12F3NO3S. The number of hydrogen-bond acceptors (Lipinski definition) is 5. The van der Waals surface area contributed by atoms with Crippen molar-refractivity contribution in [3.05, 3.63) is 42.3 Å². The number of rotatable bonds is 5. The minimum absolute atomic E-state index is 0.0236. The molecular weight excluding hydrogens is 307 g/mol. The Bertz CT molecular complexity index is 713. The monoisotopic (exact) mass is 319 g/mol. The van der Waals surface area contributed by atoms with Crippen LogP contribution in [0.2, 0.25) is 0 Å². The Morgan fingerprint density at radius 2 is 1.95 bits per heavy atom. The van der Waals surface area contributed by atoms with E-state index in [-0.39, 0.29) is 17.2 Å². The van der Waals surface area contributed by atoms with Crippen LogP contribution in [0.15, 0.2) is 21.7 Å². The molecule has 0 aliphatic carbocycles. The van der Waals surface area contributed by atoms with Gasteiger partial charge in [-0.15, -0.1) is 11.3 Å². The molecule has 1 heterocycles. The van der Waals surface area contributed by atoms with E-state index in [9.17, 15) is 22.8 Å². The van der Waals surface area contributed by atoms with Gasteiger partial charge in [0.25, 0.3) is 10.9 Å². The fourth-order valence-electron chi connectivity index (χ4n) is 1.85. The highest BCUT2D eigenvalue weighted by Crippen LogP contribution is 2.39. The molecule has 8 heteroatoms. The van der Waals surface area contributed by atoms with E-state index in [1.165, 1.54) is 6.07 Å². The van der Waals surface area contributed by atoms with Gasteiger partial charge in [0.05, 0.1) is 6.61 Å². The molecule has 0 spiro atoms. The Kier molecular flexibility index (Phi) is 4.08. The van der Waals surface area contributed by atoms with Gasteiger partial charge in [0.1, 0.15) is 5.69 Å². The van der Waals surface area contributed by atoms with Crippen LogP contribution in [-0.2, 0) is 0 Å². The fourth-order valence-corrected chi connectivity index (χ4v) is 2.81. The second-order valence-corrected chi connectivity index (χ2v) is 5.68. The second-order valence-electron chi connectivity index (χ2n) is 4.36. The maximum Gasteiger partial charge on any atom is 0.413 e. The molecule has 0 radical (unpaired) electrons. The lowest BCUT2D eigenvalue weighted by molar-refractivity contribution is -0.143. The van der Waals surface area contributed by atoms with Crippen LogP contribution >= 0.6 is 11.3 Å². The molecule has 2 aromatic rings. The first-order chi connectivity index (χ1) is 9.75. The van der Waals surface area contributed by atoms with Crippen LogP contribution in [0, 0.1) is 6.92 Å². The molecule has 0 bridgehead atoms. The van der Waals surface area contributed by atoms with Gasteiger partial charge in [-0.25, -0.2) is 0 Å². The highest BCUT2D eigenvalue weighted by atomic mass is 32.1. The first kappa shape index (κ1) is 15.6. The number of ether oxygens (including phenoxy) is 1. The van der Waals surface area contributed by atoms with Crippen molar-refractivity contribution in [2.75, 3.05) is 11.9 Å². The summed E-state index contributed by atoms with van der Waals surface area (Å²) in [6.45, 7) is 3.35. The van der Waals surface area contributed by atoms with Gasteiger partial charge >= 0.3 is 6.18 Å². The Labute approximate surface area is 121 Å². The lowest BCUT2D eigenvalue weighted by Crippen LogP contribution is -2.39. The Morgan fingerprint density at radius 3 is 2.43 bits per heavy atom. The zero-order valence-corrected chi connectivity index (χ0v) is 12.0. The van der Waals surface area contributed by atoms with E-state index in [0.717, 1.165) is 16.2 Å². The largest absolute Gasteiger partial charge is 0.488 e. The average molecular weight is 319 g/mol. The third kappa shape index (κ3) is 2.94. The zero-order chi connectivity index (χ0) is 15.8. The van der Waals surface area contributed by atoms with Crippen molar-refractivity contribution in [2.45, 2.75) is 26.1 Å². The van der Waals surface area contributed by atoms with Gasteiger partial charge in [-0.3, -0.25) is 9.59 Å². The number of hydrogen-bond donors (Lipinski definition) is 1. The minimum Gasteiger partial charge on any atom is -0.488 e. The number of halogens is 3. The summed E-state index contributed by atoms with van der Waals surface area (Å²) in [6, 6.07) is 0.863. The minimum atomic E-state index is -4.60. The molecule has 1 aromatic heterocycles. The molecule has 1 aromatic carbocycles. The van der Waals surface area contributed by atoms with Crippen molar-refractivity contribution in [3.8, 4) is 5.75 Å². The molecule has 4 nitrogen and oxygen atoms in total. The molecule has 0 amide bonds. The second kappa shape index (κ2) is 5.51. The van der Waals surface area contributed by atoms with Crippen LogP contribution < -0.4 is 20.9 Å². The van der Waals surface area contributed by atoms with Gasteiger partial charge in [0, 0.05) is 9.75 Å². The molecule has 114 valence electrons. The van der Waals surface area contributed by atoms with Crippen LogP contribution in [0.5, 0.6) is 5.75 Å². The van der Waals surface area contributed by atoms with Gasteiger partial charge in [-0.2, -0.15) is 13.2 Å². The predicted molar refractivity (Wildman–Crippen MR) is 74.0 cm³/mol.